The molecule has 2 aromatic heterocycles. The maximum atomic E-state index is 8.88. The van der Waals surface area contributed by atoms with Gasteiger partial charge >= 0.3 is 0 Å². The summed E-state index contributed by atoms with van der Waals surface area (Å²) in [6, 6.07) is 19.9. The Hall–Kier alpha value is -3.19. The van der Waals surface area contributed by atoms with Crippen molar-refractivity contribution < 1.29 is 4.74 Å². The lowest BCUT2D eigenvalue weighted by molar-refractivity contribution is 0.301. The highest BCUT2D eigenvalue weighted by atomic mass is 16.5. The largest absolute Gasteiger partial charge is 0.487 e. The van der Waals surface area contributed by atoms with E-state index < -0.39 is 0 Å². The van der Waals surface area contributed by atoms with E-state index in [0.29, 0.717) is 12.2 Å². The highest BCUT2D eigenvalue weighted by molar-refractivity contribution is 5.29. The van der Waals surface area contributed by atoms with Crippen molar-refractivity contribution in [3.63, 3.8) is 0 Å². The topological polar surface area (TPSA) is 58.8 Å². The number of aromatic nitrogens is 2. The van der Waals surface area contributed by atoms with Crippen LogP contribution in [0.1, 0.15) is 36.4 Å². The van der Waals surface area contributed by atoms with E-state index >= 15 is 0 Å². The summed E-state index contributed by atoms with van der Waals surface area (Å²) in [5.41, 5.74) is 3.85. The Morgan fingerprint density at radius 1 is 0.926 bits per heavy atom. The van der Waals surface area contributed by atoms with Gasteiger partial charge in [-0.15, -0.1) is 0 Å². The summed E-state index contributed by atoms with van der Waals surface area (Å²) in [6.45, 7) is 4.94. The van der Waals surface area contributed by atoms with Crippen LogP contribution in [0.15, 0.2) is 67.0 Å². The molecule has 0 radical (unpaired) electrons. The second-order valence-corrected chi connectivity index (χ2v) is 7.42. The highest BCUT2D eigenvalue weighted by Gasteiger charge is 2.20. The fourth-order valence-corrected chi connectivity index (χ4v) is 3.04. The Morgan fingerprint density at radius 2 is 1.74 bits per heavy atom. The van der Waals surface area contributed by atoms with E-state index in [-0.39, 0.29) is 5.41 Å². The smallest absolute Gasteiger partial charge is 0.130 e. The zero-order valence-corrected chi connectivity index (χ0v) is 15.7. The number of pyridine rings is 2. The molecule has 0 aliphatic heterocycles. The van der Waals surface area contributed by atoms with Crippen LogP contribution in [-0.2, 0) is 19.4 Å². The standard InChI is InChI=1S/C23H23N3O/c1-23(2,14-20-9-6-19(15-24)16-26-20)13-18-7-10-22(11-8-18)27-17-21-5-3-4-12-25-21/h3-12,16H,13-14,17H2,1-2H3. The predicted molar refractivity (Wildman–Crippen MR) is 105 cm³/mol. The number of ether oxygens (including phenoxy) is 1. The van der Waals surface area contributed by atoms with Gasteiger partial charge in [-0.05, 0) is 60.2 Å². The quantitative estimate of drug-likeness (QED) is 0.613. The molecule has 0 N–H and O–H groups in total. The Balaban J connectivity index is 1.56. The summed E-state index contributed by atoms with van der Waals surface area (Å²) in [6.07, 6.45) is 5.21. The van der Waals surface area contributed by atoms with Gasteiger partial charge in [-0.25, -0.2) is 0 Å². The van der Waals surface area contributed by atoms with E-state index in [2.05, 4.69) is 42.0 Å². The lowest BCUT2D eigenvalue weighted by atomic mass is 9.81. The molecule has 0 fully saturated rings. The van der Waals surface area contributed by atoms with Crippen molar-refractivity contribution in [1.29, 1.82) is 5.26 Å². The number of nitriles is 1. The Kier molecular flexibility index (Phi) is 5.83. The van der Waals surface area contributed by atoms with Gasteiger partial charge in [-0.1, -0.05) is 32.0 Å². The van der Waals surface area contributed by atoms with Crippen molar-refractivity contribution in [3.8, 4) is 11.8 Å². The van der Waals surface area contributed by atoms with E-state index in [4.69, 9.17) is 10.00 Å². The molecule has 136 valence electrons. The molecule has 27 heavy (non-hydrogen) atoms. The summed E-state index contributed by atoms with van der Waals surface area (Å²) < 4.78 is 5.80. The third kappa shape index (κ3) is 5.65. The van der Waals surface area contributed by atoms with Crippen LogP contribution in [0.5, 0.6) is 5.75 Å². The fourth-order valence-electron chi connectivity index (χ4n) is 3.04. The third-order valence-corrected chi connectivity index (χ3v) is 4.33. The molecule has 0 saturated carbocycles. The van der Waals surface area contributed by atoms with Crippen molar-refractivity contribution in [2.75, 3.05) is 0 Å². The average molecular weight is 357 g/mol. The van der Waals surface area contributed by atoms with Gasteiger partial charge in [0.05, 0.1) is 11.3 Å². The van der Waals surface area contributed by atoms with E-state index in [1.165, 1.54) is 5.56 Å². The van der Waals surface area contributed by atoms with E-state index in [9.17, 15) is 0 Å². The number of rotatable bonds is 7. The van der Waals surface area contributed by atoms with Crippen LogP contribution in [0.3, 0.4) is 0 Å². The van der Waals surface area contributed by atoms with E-state index in [1.807, 2.05) is 42.5 Å². The van der Waals surface area contributed by atoms with Gasteiger partial charge in [0, 0.05) is 18.1 Å². The predicted octanol–water partition coefficient (Wildman–Crippen LogP) is 4.74. The van der Waals surface area contributed by atoms with Gasteiger partial charge in [0.15, 0.2) is 0 Å². The van der Waals surface area contributed by atoms with E-state index in [0.717, 1.165) is 30.0 Å². The molecule has 1 aromatic carbocycles. The molecule has 0 bridgehead atoms. The monoisotopic (exact) mass is 357 g/mol. The average Bonchev–Trinajstić information content (AvgIpc) is 2.68. The number of benzene rings is 1. The molecule has 0 saturated heterocycles. The summed E-state index contributed by atoms with van der Waals surface area (Å²) in [7, 11) is 0. The normalized spacial score (nSPS) is 11.0. The van der Waals surface area contributed by atoms with Crippen molar-refractivity contribution in [2.45, 2.75) is 33.3 Å². The second-order valence-electron chi connectivity index (χ2n) is 7.42. The molecule has 3 aromatic rings. The molecular weight excluding hydrogens is 334 g/mol. The second kappa shape index (κ2) is 8.46. The minimum atomic E-state index is 0.0670. The molecule has 0 spiro atoms. The zero-order valence-electron chi connectivity index (χ0n) is 15.7. The minimum absolute atomic E-state index is 0.0670. The Morgan fingerprint density at radius 3 is 2.37 bits per heavy atom. The van der Waals surface area contributed by atoms with Crippen molar-refractivity contribution in [2.24, 2.45) is 5.41 Å². The van der Waals surface area contributed by atoms with Crippen LogP contribution in [0.4, 0.5) is 0 Å². The first-order valence-electron chi connectivity index (χ1n) is 9.01. The van der Waals surface area contributed by atoms with Gasteiger partial charge in [-0.2, -0.15) is 5.26 Å². The fraction of sp³-hybridized carbons (Fsp3) is 0.261. The van der Waals surface area contributed by atoms with Crippen molar-refractivity contribution in [3.05, 3.63) is 89.5 Å². The zero-order chi connectivity index (χ0) is 19.1. The molecular formula is C23H23N3O. The van der Waals surface area contributed by atoms with Crippen LogP contribution in [0.25, 0.3) is 0 Å². The Labute approximate surface area is 160 Å². The lowest BCUT2D eigenvalue weighted by Gasteiger charge is -2.24. The summed E-state index contributed by atoms with van der Waals surface area (Å²) in [5.74, 6) is 0.843. The first-order chi connectivity index (χ1) is 13.0. The minimum Gasteiger partial charge on any atom is -0.487 e. The molecule has 0 atom stereocenters. The van der Waals surface area contributed by atoms with Gasteiger partial charge in [0.25, 0.3) is 0 Å². The lowest BCUT2D eigenvalue weighted by Crippen LogP contribution is -2.19. The molecule has 4 nitrogen and oxygen atoms in total. The third-order valence-electron chi connectivity index (χ3n) is 4.33. The molecule has 0 amide bonds. The molecule has 0 aliphatic rings. The van der Waals surface area contributed by atoms with Crippen LogP contribution >= 0.6 is 0 Å². The van der Waals surface area contributed by atoms with Gasteiger partial charge < -0.3 is 4.74 Å². The van der Waals surface area contributed by atoms with Crippen molar-refractivity contribution in [1.82, 2.24) is 9.97 Å². The van der Waals surface area contributed by atoms with Crippen LogP contribution in [-0.4, -0.2) is 9.97 Å². The molecule has 2 heterocycles. The molecule has 3 rings (SSSR count). The van der Waals surface area contributed by atoms with Crippen molar-refractivity contribution >= 4 is 0 Å². The van der Waals surface area contributed by atoms with Gasteiger partial charge in [-0.3, -0.25) is 9.97 Å². The van der Waals surface area contributed by atoms with E-state index in [1.54, 1.807) is 12.4 Å². The van der Waals surface area contributed by atoms with Crippen LogP contribution < -0.4 is 4.74 Å². The number of hydrogen-bond donors (Lipinski definition) is 0. The van der Waals surface area contributed by atoms with Gasteiger partial charge in [0.2, 0.25) is 0 Å². The SMILES string of the molecule is CC(C)(Cc1ccc(OCc2ccccn2)cc1)Cc1ccc(C#N)cn1. The first-order valence-corrected chi connectivity index (χ1v) is 9.01. The maximum Gasteiger partial charge on any atom is 0.130 e. The molecule has 0 unspecified atom stereocenters. The van der Waals surface area contributed by atoms with Crippen LogP contribution in [0, 0.1) is 16.7 Å². The highest BCUT2D eigenvalue weighted by Crippen LogP contribution is 2.27. The van der Waals surface area contributed by atoms with Crippen LogP contribution in [0.2, 0.25) is 0 Å². The molecule has 4 heteroatoms. The maximum absolute atomic E-state index is 8.88. The summed E-state index contributed by atoms with van der Waals surface area (Å²) in [4.78, 5) is 8.66. The first kappa shape index (κ1) is 18.6. The number of nitrogens with zero attached hydrogens (tertiary/aromatic N) is 3. The molecule has 0 aliphatic carbocycles. The summed E-state index contributed by atoms with van der Waals surface area (Å²) >= 11 is 0. The van der Waals surface area contributed by atoms with Gasteiger partial charge in [0.1, 0.15) is 18.4 Å². The summed E-state index contributed by atoms with van der Waals surface area (Å²) in [5, 5.41) is 8.88. The Bertz CT molecular complexity index is 895. The number of hydrogen-bond acceptors (Lipinski definition) is 4.